The summed E-state index contributed by atoms with van der Waals surface area (Å²) in [5, 5.41) is 6.06. The van der Waals surface area contributed by atoms with Crippen LogP contribution in [0.1, 0.15) is 5.56 Å². The smallest absolute Gasteiger partial charge is 0.292 e. The highest BCUT2D eigenvalue weighted by molar-refractivity contribution is 7.16. The number of alkyl halides is 3. The van der Waals surface area contributed by atoms with Crippen molar-refractivity contribution >= 4 is 27.5 Å². The second-order valence-corrected chi connectivity index (χ2v) is 4.72. The maximum absolute atomic E-state index is 12.6. The van der Waals surface area contributed by atoms with Gasteiger partial charge in [-0.1, -0.05) is 0 Å². The van der Waals surface area contributed by atoms with Crippen molar-refractivity contribution in [1.29, 1.82) is 0 Å². The van der Waals surface area contributed by atoms with Crippen molar-refractivity contribution in [2.45, 2.75) is 6.18 Å². The topological polar surface area (TPSA) is 81.6 Å². The Morgan fingerprint density at radius 3 is 2.75 bits per heavy atom. The van der Waals surface area contributed by atoms with Crippen LogP contribution in [0.5, 0.6) is 0 Å². The summed E-state index contributed by atoms with van der Waals surface area (Å²) in [6, 6.07) is 1.71. The van der Waals surface area contributed by atoms with Gasteiger partial charge in [0.05, 0.1) is 17.1 Å². The van der Waals surface area contributed by atoms with Crippen LogP contribution in [0, 0.1) is 0 Å². The fourth-order valence-electron chi connectivity index (χ4n) is 1.66. The highest BCUT2D eigenvalue weighted by atomic mass is 32.1. The van der Waals surface area contributed by atoms with Gasteiger partial charge in [0, 0.05) is 6.20 Å². The minimum atomic E-state index is -4.45. The van der Waals surface area contributed by atoms with Crippen LogP contribution in [0.2, 0.25) is 0 Å². The summed E-state index contributed by atoms with van der Waals surface area (Å²) in [5.74, 6) is 5.60. The standard InChI is InChI=1S/C10H7F3N6S/c11-10(12,13)5-3-15-19(4-5)7-6-1-2-20-8(6)17-9(16-7)18-14/h1-4H,14H2,(H,16,17,18). The number of nitrogens with two attached hydrogens (primary N) is 1. The molecule has 20 heavy (non-hydrogen) atoms. The molecule has 0 aromatic carbocycles. The van der Waals surface area contributed by atoms with Crippen LogP contribution in [-0.2, 0) is 6.18 Å². The summed E-state index contributed by atoms with van der Waals surface area (Å²) in [6.45, 7) is 0. The lowest BCUT2D eigenvalue weighted by Gasteiger charge is -2.05. The molecule has 3 aromatic rings. The maximum atomic E-state index is 12.6. The van der Waals surface area contributed by atoms with Crippen molar-refractivity contribution in [3.63, 3.8) is 0 Å². The van der Waals surface area contributed by atoms with Gasteiger partial charge in [-0.2, -0.15) is 23.3 Å². The number of halogens is 3. The molecule has 0 unspecified atom stereocenters. The minimum absolute atomic E-state index is 0.110. The Balaban J connectivity index is 2.18. The summed E-state index contributed by atoms with van der Waals surface area (Å²) >= 11 is 1.33. The van der Waals surface area contributed by atoms with E-state index in [1.165, 1.54) is 11.3 Å². The zero-order valence-electron chi connectivity index (χ0n) is 9.72. The number of nitrogens with zero attached hydrogens (tertiary/aromatic N) is 4. The second-order valence-electron chi connectivity index (χ2n) is 3.83. The quantitative estimate of drug-likeness (QED) is 0.560. The van der Waals surface area contributed by atoms with E-state index in [9.17, 15) is 13.2 Å². The first kappa shape index (κ1) is 12.8. The van der Waals surface area contributed by atoms with E-state index in [2.05, 4.69) is 20.5 Å². The van der Waals surface area contributed by atoms with Crippen molar-refractivity contribution in [2.24, 2.45) is 5.84 Å². The fraction of sp³-hybridized carbons (Fsp3) is 0.100. The molecule has 0 bridgehead atoms. The molecule has 0 aliphatic carbocycles. The lowest BCUT2D eigenvalue weighted by atomic mass is 10.3. The maximum Gasteiger partial charge on any atom is 0.419 e. The number of nitrogen functional groups attached to an aromatic ring is 1. The number of anilines is 1. The molecule has 0 aliphatic rings. The zero-order valence-corrected chi connectivity index (χ0v) is 10.5. The van der Waals surface area contributed by atoms with E-state index >= 15 is 0 Å². The molecule has 3 heterocycles. The van der Waals surface area contributed by atoms with Gasteiger partial charge in [0.1, 0.15) is 4.83 Å². The van der Waals surface area contributed by atoms with E-state index in [4.69, 9.17) is 5.84 Å². The van der Waals surface area contributed by atoms with Gasteiger partial charge < -0.3 is 0 Å². The number of hydrogen-bond acceptors (Lipinski definition) is 6. The lowest BCUT2D eigenvalue weighted by Crippen LogP contribution is -2.12. The Morgan fingerprint density at radius 2 is 2.10 bits per heavy atom. The Labute approximate surface area is 114 Å². The number of hydrazine groups is 1. The molecule has 10 heteroatoms. The van der Waals surface area contributed by atoms with E-state index < -0.39 is 11.7 Å². The Morgan fingerprint density at radius 1 is 1.30 bits per heavy atom. The van der Waals surface area contributed by atoms with E-state index in [1.807, 2.05) is 0 Å². The fourth-order valence-corrected chi connectivity index (χ4v) is 2.42. The van der Waals surface area contributed by atoms with Crippen LogP contribution in [-0.4, -0.2) is 19.7 Å². The normalized spacial score (nSPS) is 12.0. The second kappa shape index (κ2) is 4.42. The molecule has 0 saturated heterocycles. The van der Waals surface area contributed by atoms with E-state index in [-0.39, 0.29) is 11.8 Å². The molecule has 0 atom stereocenters. The minimum Gasteiger partial charge on any atom is -0.292 e. The predicted molar refractivity (Wildman–Crippen MR) is 67.3 cm³/mol. The Bertz CT molecular complexity index is 762. The summed E-state index contributed by atoms with van der Waals surface area (Å²) in [7, 11) is 0. The zero-order chi connectivity index (χ0) is 14.3. The molecule has 6 nitrogen and oxygen atoms in total. The van der Waals surface area contributed by atoms with Gasteiger partial charge in [-0.3, -0.25) is 5.43 Å². The third-order valence-corrected chi connectivity index (χ3v) is 3.37. The van der Waals surface area contributed by atoms with E-state index in [1.54, 1.807) is 11.4 Å². The molecular weight excluding hydrogens is 293 g/mol. The third kappa shape index (κ3) is 2.08. The van der Waals surface area contributed by atoms with Gasteiger partial charge in [-0.15, -0.1) is 11.3 Å². The van der Waals surface area contributed by atoms with Crippen LogP contribution >= 0.6 is 11.3 Å². The molecule has 0 amide bonds. The van der Waals surface area contributed by atoms with Crippen LogP contribution in [0.4, 0.5) is 19.1 Å². The molecule has 3 N–H and O–H groups in total. The molecule has 3 aromatic heterocycles. The van der Waals surface area contributed by atoms with Crippen LogP contribution in [0.3, 0.4) is 0 Å². The van der Waals surface area contributed by atoms with Crippen LogP contribution < -0.4 is 11.3 Å². The number of hydrogen-bond donors (Lipinski definition) is 2. The molecule has 0 spiro atoms. The monoisotopic (exact) mass is 300 g/mol. The summed E-state index contributed by atoms with van der Waals surface area (Å²) in [6.07, 6.45) is -2.83. The first-order valence-electron chi connectivity index (χ1n) is 5.33. The number of thiophene rings is 1. The predicted octanol–water partition coefficient (Wildman–Crippen LogP) is 2.18. The summed E-state index contributed by atoms with van der Waals surface area (Å²) in [5.41, 5.74) is 1.43. The molecule has 0 saturated carbocycles. The molecule has 0 aliphatic heterocycles. The van der Waals surface area contributed by atoms with E-state index in [0.717, 1.165) is 17.1 Å². The summed E-state index contributed by atoms with van der Waals surface area (Å²) < 4.78 is 38.9. The number of nitrogens with one attached hydrogen (secondary N) is 1. The van der Waals surface area contributed by atoms with Gasteiger partial charge in [0.25, 0.3) is 0 Å². The van der Waals surface area contributed by atoms with Crippen LogP contribution in [0.15, 0.2) is 23.8 Å². The number of fused-ring (bicyclic) bond motifs is 1. The number of aromatic nitrogens is 4. The summed E-state index contributed by atoms with van der Waals surface area (Å²) in [4.78, 5) is 8.76. The Kier molecular flexibility index (Phi) is 2.83. The molecule has 104 valence electrons. The van der Waals surface area contributed by atoms with Gasteiger partial charge >= 0.3 is 6.18 Å². The molecule has 3 rings (SSSR count). The van der Waals surface area contributed by atoms with Crippen molar-refractivity contribution < 1.29 is 13.2 Å². The van der Waals surface area contributed by atoms with Crippen molar-refractivity contribution in [3.05, 3.63) is 29.4 Å². The van der Waals surface area contributed by atoms with Crippen molar-refractivity contribution in [3.8, 4) is 5.82 Å². The van der Waals surface area contributed by atoms with Gasteiger partial charge in [0.2, 0.25) is 5.95 Å². The molecular formula is C10H7F3N6S. The van der Waals surface area contributed by atoms with E-state index in [0.29, 0.717) is 10.2 Å². The first-order chi connectivity index (χ1) is 9.49. The lowest BCUT2D eigenvalue weighted by molar-refractivity contribution is -0.137. The van der Waals surface area contributed by atoms with Gasteiger partial charge in [-0.25, -0.2) is 15.5 Å². The van der Waals surface area contributed by atoms with Crippen molar-refractivity contribution in [2.75, 3.05) is 5.43 Å². The average molecular weight is 300 g/mol. The van der Waals surface area contributed by atoms with Gasteiger partial charge in [0.15, 0.2) is 5.82 Å². The largest absolute Gasteiger partial charge is 0.419 e. The first-order valence-corrected chi connectivity index (χ1v) is 6.21. The Hall–Kier alpha value is -2.20. The van der Waals surface area contributed by atoms with Crippen molar-refractivity contribution in [1.82, 2.24) is 19.7 Å². The van der Waals surface area contributed by atoms with Gasteiger partial charge in [-0.05, 0) is 11.4 Å². The molecule has 0 fully saturated rings. The average Bonchev–Trinajstić information content (AvgIpc) is 3.05. The third-order valence-electron chi connectivity index (χ3n) is 2.56. The molecule has 0 radical (unpaired) electrons. The van der Waals surface area contributed by atoms with Crippen LogP contribution in [0.25, 0.3) is 16.0 Å². The SMILES string of the molecule is NNc1nc(-n2cc(C(F)(F)F)cn2)c2ccsc2n1. The highest BCUT2D eigenvalue weighted by Crippen LogP contribution is 2.30. The highest BCUT2D eigenvalue weighted by Gasteiger charge is 2.32. The number of rotatable bonds is 2.